The number of amides is 1. The number of rotatable bonds is 8. The van der Waals surface area contributed by atoms with Gasteiger partial charge in [0.15, 0.2) is 5.96 Å². The molecule has 3 N–H and O–H groups in total. The molecular formula is C13H27IN4O. The lowest BCUT2D eigenvalue weighted by molar-refractivity contribution is -0.121. The van der Waals surface area contributed by atoms with Crippen molar-refractivity contribution in [3.8, 4) is 0 Å². The second-order valence-corrected chi connectivity index (χ2v) is 4.63. The Balaban J connectivity index is 0.00000324. The third kappa shape index (κ3) is 9.98. The Hall–Kier alpha value is -0.530. The minimum Gasteiger partial charge on any atom is -0.357 e. The molecule has 1 amide bonds. The fourth-order valence-electron chi connectivity index (χ4n) is 1.55. The summed E-state index contributed by atoms with van der Waals surface area (Å²) in [4.78, 5) is 15.9. The first-order valence-electron chi connectivity index (χ1n) is 7.07. The van der Waals surface area contributed by atoms with Crippen LogP contribution in [0.25, 0.3) is 0 Å². The highest BCUT2D eigenvalue weighted by atomic mass is 127. The Morgan fingerprint density at radius 1 is 1.26 bits per heavy atom. The average molecular weight is 382 g/mol. The van der Waals surface area contributed by atoms with Crippen LogP contribution in [0.5, 0.6) is 0 Å². The van der Waals surface area contributed by atoms with Crippen LogP contribution in [0.15, 0.2) is 4.99 Å². The minimum atomic E-state index is 0. The molecule has 1 rings (SSSR count). The fourth-order valence-corrected chi connectivity index (χ4v) is 1.55. The van der Waals surface area contributed by atoms with Crippen LogP contribution in [0.2, 0.25) is 0 Å². The van der Waals surface area contributed by atoms with Crippen LogP contribution in [-0.2, 0) is 4.79 Å². The molecule has 0 bridgehead atoms. The fraction of sp³-hybridized carbons (Fsp3) is 0.846. The summed E-state index contributed by atoms with van der Waals surface area (Å²) in [5.74, 6) is 1.02. The maximum absolute atomic E-state index is 11.5. The molecule has 19 heavy (non-hydrogen) atoms. The van der Waals surface area contributed by atoms with Gasteiger partial charge in [0.25, 0.3) is 0 Å². The first-order valence-corrected chi connectivity index (χ1v) is 7.07. The molecule has 0 heterocycles. The van der Waals surface area contributed by atoms with Crippen molar-refractivity contribution >= 4 is 35.8 Å². The van der Waals surface area contributed by atoms with Crippen LogP contribution in [0.3, 0.4) is 0 Å². The molecule has 1 aliphatic rings. The van der Waals surface area contributed by atoms with Gasteiger partial charge in [-0.3, -0.25) is 9.79 Å². The van der Waals surface area contributed by atoms with Crippen molar-refractivity contribution in [1.82, 2.24) is 16.0 Å². The second kappa shape index (κ2) is 11.3. The van der Waals surface area contributed by atoms with E-state index in [0.29, 0.717) is 12.5 Å². The van der Waals surface area contributed by atoms with Crippen LogP contribution in [0, 0.1) is 0 Å². The third-order valence-corrected chi connectivity index (χ3v) is 2.65. The van der Waals surface area contributed by atoms with E-state index in [1.807, 2.05) is 6.92 Å². The Morgan fingerprint density at radius 2 is 2.00 bits per heavy atom. The highest BCUT2D eigenvalue weighted by molar-refractivity contribution is 14.0. The summed E-state index contributed by atoms with van der Waals surface area (Å²) in [7, 11) is 0. The number of aliphatic imine (C=N–C) groups is 1. The standard InChI is InChI=1S/C13H26N4O.HI/c1-3-9-15-13(14-4-2)16-10-5-6-12(18)17-11-7-8-11;/h11H,3-10H2,1-2H3,(H,17,18)(H2,14,15,16);1H. The number of carbonyl (C=O) groups excluding carboxylic acids is 1. The molecule has 112 valence electrons. The van der Waals surface area contributed by atoms with Gasteiger partial charge in [-0.1, -0.05) is 6.92 Å². The van der Waals surface area contributed by atoms with Crippen LogP contribution < -0.4 is 16.0 Å². The summed E-state index contributed by atoms with van der Waals surface area (Å²) < 4.78 is 0. The lowest BCUT2D eigenvalue weighted by Crippen LogP contribution is -2.38. The number of hydrogen-bond donors (Lipinski definition) is 3. The molecule has 1 aliphatic carbocycles. The third-order valence-electron chi connectivity index (χ3n) is 2.65. The van der Waals surface area contributed by atoms with Gasteiger partial charge in [0.05, 0.1) is 0 Å². The number of guanidine groups is 1. The Labute approximate surface area is 133 Å². The van der Waals surface area contributed by atoms with Crippen molar-refractivity contribution in [2.75, 3.05) is 19.6 Å². The molecule has 1 saturated carbocycles. The van der Waals surface area contributed by atoms with Gasteiger partial charge in [-0.05, 0) is 32.6 Å². The zero-order valence-electron chi connectivity index (χ0n) is 12.0. The van der Waals surface area contributed by atoms with E-state index in [2.05, 4.69) is 27.9 Å². The van der Waals surface area contributed by atoms with Gasteiger partial charge in [0, 0.05) is 32.1 Å². The maximum atomic E-state index is 11.5. The molecule has 0 spiro atoms. The van der Waals surface area contributed by atoms with E-state index in [1.54, 1.807) is 0 Å². The van der Waals surface area contributed by atoms with Gasteiger partial charge in [-0.25, -0.2) is 0 Å². The second-order valence-electron chi connectivity index (χ2n) is 4.63. The molecule has 5 nitrogen and oxygen atoms in total. The van der Waals surface area contributed by atoms with Crippen LogP contribution in [0.1, 0.15) is 46.0 Å². The topological polar surface area (TPSA) is 65.5 Å². The Bertz CT molecular complexity index is 280. The van der Waals surface area contributed by atoms with Gasteiger partial charge in [0.1, 0.15) is 0 Å². The lowest BCUT2D eigenvalue weighted by Gasteiger charge is -2.10. The quantitative estimate of drug-likeness (QED) is 0.259. The van der Waals surface area contributed by atoms with Gasteiger partial charge < -0.3 is 16.0 Å². The van der Waals surface area contributed by atoms with Crippen molar-refractivity contribution in [3.05, 3.63) is 0 Å². The number of nitrogens with zero attached hydrogens (tertiary/aromatic N) is 1. The summed E-state index contributed by atoms with van der Waals surface area (Å²) in [6.45, 7) is 6.63. The molecule has 0 aromatic carbocycles. The van der Waals surface area contributed by atoms with Crippen LogP contribution >= 0.6 is 24.0 Å². The molecule has 0 radical (unpaired) electrons. The van der Waals surface area contributed by atoms with Crippen molar-refractivity contribution in [3.63, 3.8) is 0 Å². The predicted octanol–water partition coefficient (Wildman–Crippen LogP) is 1.63. The van der Waals surface area contributed by atoms with E-state index in [9.17, 15) is 4.79 Å². The first-order chi connectivity index (χ1) is 8.76. The monoisotopic (exact) mass is 382 g/mol. The molecular weight excluding hydrogens is 355 g/mol. The van der Waals surface area contributed by atoms with E-state index in [-0.39, 0.29) is 29.9 Å². The summed E-state index contributed by atoms with van der Waals surface area (Å²) in [6, 6.07) is 0.467. The van der Waals surface area contributed by atoms with E-state index >= 15 is 0 Å². The molecule has 0 unspecified atom stereocenters. The van der Waals surface area contributed by atoms with E-state index < -0.39 is 0 Å². The maximum Gasteiger partial charge on any atom is 0.220 e. The van der Waals surface area contributed by atoms with Gasteiger partial charge in [0.2, 0.25) is 5.91 Å². The lowest BCUT2D eigenvalue weighted by atomic mass is 10.3. The van der Waals surface area contributed by atoms with E-state index in [0.717, 1.165) is 51.3 Å². The summed E-state index contributed by atoms with van der Waals surface area (Å²) in [5, 5.41) is 9.41. The van der Waals surface area contributed by atoms with E-state index in [4.69, 9.17) is 0 Å². The molecule has 6 heteroatoms. The summed E-state index contributed by atoms with van der Waals surface area (Å²) in [5.41, 5.74) is 0. The zero-order chi connectivity index (χ0) is 13.2. The largest absolute Gasteiger partial charge is 0.357 e. The smallest absolute Gasteiger partial charge is 0.220 e. The van der Waals surface area contributed by atoms with Crippen molar-refractivity contribution < 1.29 is 4.79 Å². The Kier molecular flexibility index (Phi) is 11.0. The van der Waals surface area contributed by atoms with Crippen molar-refractivity contribution in [2.24, 2.45) is 4.99 Å². The number of nitrogens with one attached hydrogen (secondary N) is 3. The molecule has 0 aliphatic heterocycles. The number of hydrogen-bond acceptors (Lipinski definition) is 2. The zero-order valence-corrected chi connectivity index (χ0v) is 14.3. The van der Waals surface area contributed by atoms with Crippen molar-refractivity contribution in [2.45, 2.75) is 52.0 Å². The molecule has 0 saturated heterocycles. The molecule has 0 aromatic rings. The normalized spacial score (nSPS) is 14.5. The SMILES string of the molecule is CCCN=C(NCC)NCCCC(=O)NC1CC1.I. The summed E-state index contributed by atoms with van der Waals surface area (Å²) in [6.07, 6.45) is 4.78. The first kappa shape index (κ1) is 18.5. The highest BCUT2D eigenvalue weighted by Crippen LogP contribution is 2.18. The van der Waals surface area contributed by atoms with E-state index in [1.165, 1.54) is 0 Å². The van der Waals surface area contributed by atoms with Crippen LogP contribution in [0.4, 0.5) is 0 Å². The molecule has 0 atom stereocenters. The minimum absolute atomic E-state index is 0. The molecule has 1 fully saturated rings. The highest BCUT2D eigenvalue weighted by Gasteiger charge is 2.22. The number of carbonyl (C=O) groups is 1. The van der Waals surface area contributed by atoms with Crippen molar-refractivity contribution in [1.29, 1.82) is 0 Å². The van der Waals surface area contributed by atoms with Gasteiger partial charge >= 0.3 is 0 Å². The average Bonchev–Trinajstić information content (AvgIpc) is 3.15. The molecule has 0 aromatic heterocycles. The van der Waals surface area contributed by atoms with Crippen LogP contribution in [-0.4, -0.2) is 37.5 Å². The summed E-state index contributed by atoms with van der Waals surface area (Å²) >= 11 is 0. The number of halogens is 1. The van der Waals surface area contributed by atoms with Gasteiger partial charge in [-0.15, -0.1) is 24.0 Å². The predicted molar refractivity (Wildman–Crippen MR) is 90.1 cm³/mol. The Morgan fingerprint density at radius 3 is 2.58 bits per heavy atom. The van der Waals surface area contributed by atoms with Gasteiger partial charge in [-0.2, -0.15) is 0 Å².